The molecule has 0 spiro atoms. The Balaban J connectivity index is 2.96. The normalized spacial score (nSPS) is 12.3. The monoisotopic (exact) mass is 420 g/mol. The van der Waals surface area contributed by atoms with Crippen LogP contribution in [0.1, 0.15) is 91.0 Å². The molecule has 0 heterocycles. The maximum atomic E-state index is 13.0. The average molecular weight is 421 g/mol. The zero-order valence-electron chi connectivity index (χ0n) is 19.5. The molecule has 0 radical (unpaired) electrons. The summed E-state index contributed by atoms with van der Waals surface area (Å²) in [7, 11) is 0. The van der Waals surface area contributed by atoms with Gasteiger partial charge in [0.25, 0.3) is 0 Å². The first kappa shape index (κ1) is 26.0. The third-order valence-corrected chi connectivity index (χ3v) is 5.56. The summed E-state index contributed by atoms with van der Waals surface area (Å²) in [5.74, 6) is -0.594. The van der Waals surface area contributed by atoms with Crippen LogP contribution in [0.15, 0.2) is 24.3 Å². The van der Waals surface area contributed by atoms with Crippen molar-refractivity contribution in [2.45, 2.75) is 85.5 Å². The quantitative estimate of drug-likeness (QED) is 0.196. The first-order valence-electron chi connectivity index (χ1n) is 11.5. The Hall–Kier alpha value is -2.04. The van der Waals surface area contributed by atoms with Gasteiger partial charge in [0, 0.05) is 5.92 Å². The molecule has 0 aliphatic heterocycles. The highest BCUT2D eigenvalue weighted by atomic mass is 16.6. The van der Waals surface area contributed by atoms with Gasteiger partial charge in [0.05, 0.1) is 19.8 Å². The smallest absolute Gasteiger partial charge is 0.324 e. The van der Waals surface area contributed by atoms with Crippen molar-refractivity contribution in [1.82, 2.24) is 0 Å². The molecule has 1 unspecified atom stereocenters. The van der Waals surface area contributed by atoms with Crippen LogP contribution < -0.4 is 4.74 Å². The number of hydrogen-bond acceptors (Lipinski definition) is 5. The minimum Gasteiger partial charge on any atom is -0.494 e. The number of hydrogen-bond donors (Lipinski definition) is 0. The second kappa shape index (κ2) is 14.1. The van der Waals surface area contributed by atoms with E-state index < -0.39 is 17.4 Å². The number of esters is 2. The van der Waals surface area contributed by atoms with Gasteiger partial charge in [-0.25, -0.2) is 0 Å². The highest BCUT2D eigenvalue weighted by Gasteiger charge is 2.52. The molecule has 0 saturated carbocycles. The van der Waals surface area contributed by atoms with Crippen molar-refractivity contribution in [3.63, 3.8) is 0 Å². The topological polar surface area (TPSA) is 61.8 Å². The fraction of sp³-hybridized carbons (Fsp3) is 0.680. The Kier molecular flexibility index (Phi) is 12.2. The molecule has 0 fully saturated rings. The van der Waals surface area contributed by atoms with E-state index in [1.165, 1.54) is 25.7 Å². The second-order valence-corrected chi connectivity index (χ2v) is 7.72. The largest absolute Gasteiger partial charge is 0.494 e. The van der Waals surface area contributed by atoms with Gasteiger partial charge in [-0.1, -0.05) is 65.0 Å². The van der Waals surface area contributed by atoms with Gasteiger partial charge in [0.1, 0.15) is 5.75 Å². The number of carbonyl (C=O) groups is 2. The van der Waals surface area contributed by atoms with Gasteiger partial charge in [-0.2, -0.15) is 0 Å². The summed E-state index contributed by atoms with van der Waals surface area (Å²) in [4.78, 5) is 25.9. The molecule has 1 aromatic carbocycles. The molecule has 5 heteroatoms. The summed E-state index contributed by atoms with van der Waals surface area (Å²) in [6, 6.07) is 7.68. The SMILES string of the molecule is CCCCCCCOc1ccc(C(C)C(CCC)(C(=O)OCC)C(=O)OCC)cc1. The van der Waals surface area contributed by atoms with E-state index in [-0.39, 0.29) is 19.1 Å². The number of ether oxygens (including phenoxy) is 3. The highest BCUT2D eigenvalue weighted by Crippen LogP contribution is 2.43. The van der Waals surface area contributed by atoms with Crippen LogP contribution in [0, 0.1) is 5.41 Å². The molecule has 0 aliphatic rings. The van der Waals surface area contributed by atoms with E-state index in [1.54, 1.807) is 13.8 Å². The second-order valence-electron chi connectivity index (χ2n) is 7.72. The molecule has 170 valence electrons. The summed E-state index contributed by atoms with van der Waals surface area (Å²) in [5, 5.41) is 0. The van der Waals surface area contributed by atoms with Crippen LogP contribution in [0.25, 0.3) is 0 Å². The Morgan fingerprint density at radius 3 is 1.90 bits per heavy atom. The molecule has 1 atom stereocenters. The molecule has 0 saturated heterocycles. The standard InChI is InChI=1S/C25H40O5/c1-6-10-11-12-13-19-30-22-16-14-21(15-17-22)20(5)25(18-7-2,23(26)28-8-3)24(27)29-9-4/h14-17,20H,6-13,18-19H2,1-5H3. The van der Waals surface area contributed by atoms with Gasteiger partial charge in [0.15, 0.2) is 5.41 Å². The van der Waals surface area contributed by atoms with E-state index in [9.17, 15) is 9.59 Å². The lowest BCUT2D eigenvalue weighted by atomic mass is 9.70. The van der Waals surface area contributed by atoms with Crippen molar-refractivity contribution in [2.24, 2.45) is 5.41 Å². The van der Waals surface area contributed by atoms with E-state index in [0.29, 0.717) is 19.4 Å². The molecule has 5 nitrogen and oxygen atoms in total. The van der Waals surface area contributed by atoms with Gasteiger partial charge in [-0.3, -0.25) is 9.59 Å². The summed E-state index contributed by atoms with van der Waals surface area (Å²) >= 11 is 0. The van der Waals surface area contributed by atoms with Crippen LogP contribution in [-0.2, 0) is 19.1 Å². The molecule has 30 heavy (non-hydrogen) atoms. The summed E-state index contributed by atoms with van der Waals surface area (Å²) in [5.41, 5.74) is -0.456. The Morgan fingerprint density at radius 1 is 0.833 bits per heavy atom. The van der Waals surface area contributed by atoms with Crippen molar-refractivity contribution < 1.29 is 23.8 Å². The minimum absolute atomic E-state index is 0.224. The number of benzene rings is 1. The van der Waals surface area contributed by atoms with Crippen molar-refractivity contribution >= 4 is 11.9 Å². The molecular formula is C25H40O5. The summed E-state index contributed by atoms with van der Waals surface area (Å²) in [6.07, 6.45) is 7.02. The average Bonchev–Trinajstić information content (AvgIpc) is 2.74. The van der Waals surface area contributed by atoms with Crippen LogP contribution >= 0.6 is 0 Å². The minimum atomic E-state index is -1.34. The molecule has 0 N–H and O–H groups in total. The molecule has 0 aliphatic carbocycles. The molecule has 1 aromatic rings. The van der Waals surface area contributed by atoms with Gasteiger partial charge in [-0.15, -0.1) is 0 Å². The van der Waals surface area contributed by atoms with Gasteiger partial charge >= 0.3 is 11.9 Å². The van der Waals surface area contributed by atoms with E-state index in [4.69, 9.17) is 14.2 Å². The first-order valence-corrected chi connectivity index (χ1v) is 11.5. The van der Waals surface area contributed by atoms with Crippen molar-refractivity contribution in [3.8, 4) is 5.75 Å². The summed E-state index contributed by atoms with van der Waals surface area (Å²) in [6.45, 7) is 10.7. The molecule has 0 aromatic heterocycles. The molecular weight excluding hydrogens is 380 g/mol. The van der Waals surface area contributed by atoms with Gasteiger partial charge in [-0.05, 0) is 44.4 Å². The lowest BCUT2D eigenvalue weighted by molar-refractivity contribution is -0.174. The van der Waals surface area contributed by atoms with E-state index in [2.05, 4.69) is 6.92 Å². The van der Waals surface area contributed by atoms with Crippen LogP contribution in [0.3, 0.4) is 0 Å². The van der Waals surface area contributed by atoms with Gasteiger partial charge in [0.2, 0.25) is 0 Å². The zero-order chi connectivity index (χ0) is 22.4. The molecule has 0 bridgehead atoms. The van der Waals surface area contributed by atoms with Crippen LogP contribution in [0.4, 0.5) is 0 Å². The number of unbranched alkanes of at least 4 members (excludes halogenated alkanes) is 4. The van der Waals surface area contributed by atoms with Crippen molar-refractivity contribution in [1.29, 1.82) is 0 Å². The van der Waals surface area contributed by atoms with Crippen LogP contribution in [0.5, 0.6) is 5.75 Å². The third-order valence-electron chi connectivity index (χ3n) is 5.56. The van der Waals surface area contributed by atoms with Gasteiger partial charge < -0.3 is 14.2 Å². The highest BCUT2D eigenvalue weighted by molar-refractivity contribution is 6.01. The Morgan fingerprint density at radius 2 is 1.40 bits per heavy atom. The lowest BCUT2D eigenvalue weighted by Crippen LogP contribution is -2.46. The molecule has 0 amide bonds. The van der Waals surface area contributed by atoms with E-state index >= 15 is 0 Å². The zero-order valence-corrected chi connectivity index (χ0v) is 19.5. The van der Waals surface area contributed by atoms with E-state index in [0.717, 1.165) is 17.7 Å². The van der Waals surface area contributed by atoms with E-state index in [1.807, 2.05) is 38.1 Å². The van der Waals surface area contributed by atoms with Crippen LogP contribution in [-0.4, -0.2) is 31.8 Å². The summed E-state index contributed by atoms with van der Waals surface area (Å²) < 4.78 is 16.5. The lowest BCUT2D eigenvalue weighted by Gasteiger charge is -2.34. The maximum Gasteiger partial charge on any atom is 0.324 e. The maximum absolute atomic E-state index is 13.0. The number of rotatable bonds is 15. The van der Waals surface area contributed by atoms with Crippen LogP contribution in [0.2, 0.25) is 0 Å². The fourth-order valence-electron chi connectivity index (χ4n) is 3.80. The third kappa shape index (κ3) is 7.03. The Bertz CT molecular complexity index is 605. The van der Waals surface area contributed by atoms with Crippen molar-refractivity contribution in [3.05, 3.63) is 29.8 Å². The Labute approximate surface area is 182 Å². The predicted molar refractivity (Wildman–Crippen MR) is 120 cm³/mol. The first-order chi connectivity index (χ1) is 14.5. The fourth-order valence-corrected chi connectivity index (χ4v) is 3.80. The number of carbonyl (C=O) groups excluding carboxylic acids is 2. The predicted octanol–water partition coefficient (Wildman–Crippen LogP) is 6.05. The molecule has 1 rings (SSSR count). The van der Waals surface area contributed by atoms with Crippen molar-refractivity contribution in [2.75, 3.05) is 19.8 Å².